The zero-order chi connectivity index (χ0) is 25.2. The third-order valence-corrected chi connectivity index (χ3v) is 7.74. The largest absolute Gasteiger partial charge is 0.491 e. The van der Waals surface area contributed by atoms with Gasteiger partial charge in [-0.05, 0) is 118 Å². The van der Waals surface area contributed by atoms with Crippen molar-refractivity contribution in [2.75, 3.05) is 18.4 Å². The van der Waals surface area contributed by atoms with Crippen LogP contribution in [0, 0.1) is 0 Å². The molecular weight excluding hydrogens is 456 g/mol. The first-order valence-corrected chi connectivity index (χ1v) is 13.8. The standard InChI is InChI=1S/C32H36N4O/c1-22(2)37-30-7-5-6-24(19-30)26-8-9-27-21-33-32(35-31(27)20-26)34-28-13-10-23-11-14-29(15-12-25(23)18-28)36-16-3-4-17-36/h5-10,13,18-22,29H,3-4,11-12,14-17H2,1-2H3,(H,33,34,35)/t29-/m0/s1. The highest BCUT2D eigenvalue weighted by atomic mass is 16.5. The molecule has 5 heteroatoms. The molecule has 1 aromatic heterocycles. The highest BCUT2D eigenvalue weighted by molar-refractivity contribution is 5.84. The Morgan fingerprint density at radius 1 is 0.892 bits per heavy atom. The van der Waals surface area contributed by atoms with Crippen molar-refractivity contribution < 1.29 is 4.74 Å². The van der Waals surface area contributed by atoms with E-state index in [-0.39, 0.29) is 6.10 Å². The van der Waals surface area contributed by atoms with Crippen LogP contribution in [0.3, 0.4) is 0 Å². The second-order valence-corrected chi connectivity index (χ2v) is 10.7. The molecule has 0 spiro atoms. The van der Waals surface area contributed by atoms with Crippen LogP contribution in [0.2, 0.25) is 0 Å². The molecule has 3 aromatic carbocycles. The van der Waals surface area contributed by atoms with Crippen LogP contribution in [0.5, 0.6) is 5.75 Å². The molecule has 0 saturated carbocycles. The molecule has 0 bridgehead atoms. The SMILES string of the molecule is CC(C)Oc1cccc(-c2ccc3cnc(Nc4ccc5c(c4)CC[C@@H](N4CCCC4)CC5)nc3c2)c1. The van der Waals surface area contributed by atoms with Gasteiger partial charge in [0, 0.05) is 23.3 Å². The summed E-state index contributed by atoms with van der Waals surface area (Å²) in [5.41, 5.74) is 7.19. The number of ether oxygens (including phenoxy) is 1. The fraction of sp³-hybridized carbons (Fsp3) is 0.375. The van der Waals surface area contributed by atoms with Crippen LogP contribution in [0.4, 0.5) is 11.6 Å². The molecule has 1 N–H and O–H groups in total. The van der Waals surface area contributed by atoms with E-state index in [1.807, 2.05) is 32.2 Å². The predicted octanol–water partition coefficient (Wildman–Crippen LogP) is 7.17. The quantitative estimate of drug-likeness (QED) is 0.289. The first kappa shape index (κ1) is 23.9. The number of anilines is 2. The summed E-state index contributed by atoms with van der Waals surface area (Å²) in [4.78, 5) is 12.2. The van der Waals surface area contributed by atoms with Crippen LogP contribution in [0.1, 0.15) is 50.7 Å². The zero-order valence-electron chi connectivity index (χ0n) is 21.9. The lowest BCUT2D eigenvalue weighted by molar-refractivity contribution is 0.222. The third kappa shape index (κ3) is 5.47. The molecule has 0 amide bonds. The summed E-state index contributed by atoms with van der Waals surface area (Å²) < 4.78 is 5.89. The summed E-state index contributed by atoms with van der Waals surface area (Å²) in [7, 11) is 0. The molecule has 1 fully saturated rings. The van der Waals surface area contributed by atoms with Crippen molar-refractivity contribution in [3.8, 4) is 16.9 Å². The van der Waals surface area contributed by atoms with Crippen molar-refractivity contribution in [2.45, 2.75) is 64.5 Å². The van der Waals surface area contributed by atoms with E-state index in [4.69, 9.17) is 9.72 Å². The van der Waals surface area contributed by atoms with Crippen molar-refractivity contribution in [1.82, 2.24) is 14.9 Å². The highest BCUT2D eigenvalue weighted by Crippen LogP contribution is 2.30. The van der Waals surface area contributed by atoms with E-state index >= 15 is 0 Å². The molecule has 1 aliphatic heterocycles. The van der Waals surface area contributed by atoms with Gasteiger partial charge in [0.15, 0.2) is 0 Å². The lowest BCUT2D eigenvalue weighted by Crippen LogP contribution is -2.32. The van der Waals surface area contributed by atoms with Gasteiger partial charge in [-0.3, -0.25) is 0 Å². The van der Waals surface area contributed by atoms with E-state index in [9.17, 15) is 0 Å². The number of hydrogen-bond donors (Lipinski definition) is 1. The molecule has 4 aromatic rings. The number of aryl methyl sites for hydroxylation is 2. The normalized spacial score (nSPS) is 18.1. The van der Waals surface area contributed by atoms with Gasteiger partial charge in [0.05, 0.1) is 11.6 Å². The van der Waals surface area contributed by atoms with Crippen LogP contribution >= 0.6 is 0 Å². The maximum absolute atomic E-state index is 5.89. The Morgan fingerprint density at radius 3 is 2.54 bits per heavy atom. The summed E-state index contributed by atoms with van der Waals surface area (Å²) in [6, 6.07) is 22.1. The minimum absolute atomic E-state index is 0.146. The van der Waals surface area contributed by atoms with Crippen LogP contribution in [-0.2, 0) is 12.8 Å². The Balaban J connectivity index is 1.20. The Labute approximate surface area is 219 Å². The summed E-state index contributed by atoms with van der Waals surface area (Å²) in [6.45, 7) is 6.66. The minimum atomic E-state index is 0.146. The average Bonchev–Trinajstić information content (AvgIpc) is 3.36. The number of hydrogen-bond acceptors (Lipinski definition) is 5. The number of fused-ring (bicyclic) bond motifs is 2. The molecule has 2 heterocycles. The lowest BCUT2D eigenvalue weighted by Gasteiger charge is -2.25. The van der Waals surface area contributed by atoms with E-state index in [1.54, 1.807) is 0 Å². The maximum Gasteiger partial charge on any atom is 0.227 e. The zero-order valence-corrected chi connectivity index (χ0v) is 21.9. The average molecular weight is 493 g/mol. The molecule has 0 unspecified atom stereocenters. The van der Waals surface area contributed by atoms with E-state index in [2.05, 4.69) is 63.7 Å². The van der Waals surface area contributed by atoms with Crippen molar-refractivity contribution in [1.29, 1.82) is 0 Å². The summed E-state index contributed by atoms with van der Waals surface area (Å²) in [5, 5.41) is 4.50. The van der Waals surface area contributed by atoms with E-state index in [0.717, 1.165) is 45.9 Å². The number of aromatic nitrogens is 2. The summed E-state index contributed by atoms with van der Waals surface area (Å²) in [5.74, 6) is 1.51. The number of likely N-dealkylation sites (tertiary alicyclic amines) is 1. The Kier molecular flexibility index (Phi) is 6.79. The smallest absolute Gasteiger partial charge is 0.227 e. The lowest BCUT2D eigenvalue weighted by atomic mass is 10.0. The molecule has 1 saturated heterocycles. The van der Waals surface area contributed by atoms with Gasteiger partial charge in [0.2, 0.25) is 5.95 Å². The van der Waals surface area contributed by atoms with Gasteiger partial charge in [-0.25, -0.2) is 9.97 Å². The molecule has 1 aliphatic carbocycles. The van der Waals surface area contributed by atoms with Crippen molar-refractivity contribution in [3.05, 3.63) is 78.0 Å². The van der Waals surface area contributed by atoms with E-state index < -0.39 is 0 Å². The molecule has 2 aliphatic rings. The van der Waals surface area contributed by atoms with E-state index in [1.165, 1.54) is 56.3 Å². The first-order valence-electron chi connectivity index (χ1n) is 13.8. The van der Waals surface area contributed by atoms with Gasteiger partial charge in [0.25, 0.3) is 0 Å². The number of nitrogens with zero attached hydrogens (tertiary/aromatic N) is 3. The topological polar surface area (TPSA) is 50.3 Å². The van der Waals surface area contributed by atoms with Gasteiger partial charge >= 0.3 is 0 Å². The third-order valence-electron chi connectivity index (χ3n) is 7.74. The summed E-state index contributed by atoms with van der Waals surface area (Å²) >= 11 is 0. The van der Waals surface area contributed by atoms with Gasteiger partial charge in [0.1, 0.15) is 5.75 Å². The number of nitrogens with one attached hydrogen (secondary N) is 1. The number of benzene rings is 3. The second-order valence-electron chi connectivity index (χ2n) is 10.7. The van der Waals surface area contributed by atoms with Crippen molar-refractivity contribution >= 4 is 22.5 Å². The van der Waals surface area contributed by atoms with Crippen LogP contribution in [-0.4, -0.2) is 40.1 Å². The Morgan fingerprint density at radius 2 is 1.70 bits per heavy atom. The van der Waals surface area contributed by atoms with E-state index in [0.29, 0.717) is 5.95 Å². The molecule has 0 radical (unpaired) electrons. The minimum Gasteiger partial charge on any atom is -0.491 e. The van der Waals surface area contributed by atoms with Crippen LogP contribution < -0.4 is 10.1 Å². The fourth-order valence-corrected chi connectivity index (χ4v) is 5.85. The van der Waals surface area contributed by atoms with Crippen molar-refractivity contribution in [2.24, 2.45) is 0 Å². The maximum atomic E-state index is 5.89. The molecule has 6 rings (SSSR count). The van der Waals surface area contributed by atoms with Gasteiger partial charge in [-0.2, -0.15) is 0 Å². The Bertz CT molecular complexity index is 1390. The Hall–Kier alpha value is -3.44. The van der Waals surface area contributed by atoms with Crippen LogP contribution in [0.25, 0.3) is 22.0 Å². The predicted molar refractivity (Wildman–Crippen MR) is 152 cm³/mol. The summed E-state index contributed by atoms with van der Waals surface area (Å²) in [6.07, 6.45) is 9.64. The highest BCUT2D eigenvalue weighted by Gasteiger charge is 2.24. The first-order chi connectivity index (χ1) is 18.1. The molecule has 37 heavy (non-hydrogen) atoms. The number of rotatable bonds is 6. The van der Waals surface area contributed by atoms with Gasteiger partial charge < -0.3 is 15.0 Å². The van der Waals surface area contributed by atoms with Gasteiger partial charge in [-0.15, -0.1) is 0 Å². The van der Waals surface area contributed by atoms with Crippen LogP contribution in [0.15, 0.2) is 66.9 Å². The second kappa shape index (κ2) is 10.5. The monoisotopic (exact) mass is 492 g/mol. The molecule has 5 nitrogen and oxygen atoms in total. The fourth-order valence-electron chi connectivity index (χ4n) is 5.85. The molecular formula is C32H36N4O. The molecule has 190 valence electrons. The molecule has 1 atom stereocenters. The van der Waals surface area contributed by atoms with Crippen molar-refractivity contribution in [3.63, 3.8) is 0 Å². The van der Waals surface area contributed by atoms with Gasteiger partial charge in [-0.1, -0.05) is 30.3 Å².